The molecule has 0 aliphatic carbocycles. The SMILES string of the molecule is Cc1ccc(-c2ccc3c(c2)cc(-c2cccc4ccccc24)c2cc(-c4cc5ccccc5cc4-c4ccccc4)ccc23)cc1C. The summed E-state index contributed by atoms with van der Waals surface area (Å²) in [4.78, 5) is 0. The van der Waals surface area contributed by atoms with Crippen molar-refractivity contribution < 1.29 is 0 Å². The summed E-state index contributed by atoms with van der Waals surface area (Å²) in [5, 5.41) is 10.1. The van der Waals surface area contributed by atoms with E-state index in [1.807, 2.05) is 0 Å². The summed E-state index contributed by atoms with van der Waals surface area (Å²) in [6.45, 7) is 4.37. The third kappa shape index (κ3) is 4.77. The van der Waals surface area contributed by atoms with Crippen molar-refractivity contribution in [3.8, 4) is 44.5 Å². The quantitative estimate of drug-likeness (QED) is 0.174. The van der Waals surface area contributed by atoms with Crippen molar-refractivity contribution in [2.24, 2.45) is 0 Å². The van der Waals surface area contributed by atoms with E-state index in [0.29, 0.717) is 0 Å². The average molecular weight is 611 g/mol. The van der Waals surface area contributed by atoms with Gasteiger partial charge in [-0.3, -0.25) is 0 Å². The van der Waals surface area contributed by atoms with Crippen LogP contribution in [-0.2, 0) is 0 Å². The highest BCUT2D eigenvalue weighted by atomic mass is 14.2. The van der Waals surface area contributed by atoms with Crippen molar-refractivity contribution in [2.45, 2.75) is 13.8 Å². The van der Waals surface area contributed by atoms with Gasteiger partial charge >= 0.3 is 0 Å². The molecule has 0 bridgehead atoms. The topological polar surface area (TPSA) is 0 Å². The molecule has 0 saturated heterocycles. The fourth-order valence-electron chi connectivity index (χ4n) is 7.45. The lowest BCUT2D eigenvalue weighted by Gasteiger charge is -2.17. The Morgan fingerprint density at radius 2 is 0.854 bits per heavy atom. The number of hydrogen-bond donors (Lipinski definition) is 0. The molecule has 0 heteroatoms. The zero-order chi connectivity index (χ0) is 32.2. The third-order valence-corrected chi connectivity index (χ3v) is 10.2. The molecule has 0 radical (unpaired) electrons. The Balaban J connectivity index is 1.34. The Morgan fingerprint density at radius 1 is 0.250 bits per heavy atom. The van der Waals surface area contributed by atoms with Gasteiger partial charge in [-0.2, -0.15) is 0 Å². The molecule has 0 unspecified atom stereocenters. The minimum absolute atomic E-state index is 1.22. The largest absolute Gasteiger partial charge is 0.0622 e. The molecule has 0 aromatic heterocycles. The van der Waals surface area contributed by atoms with Crippen molar-refractivity contribution in [3.63, 3.8) is 0 Å². The molecule has 9 aromatic carbocycles. The van der Waals surface area contributed by atoms with Crippen molar-refractivity contribution >= 4 is 43.1 Å². The van der Waals surface area contributed by atoms with Crippen LogP contribution < -0.4 is 0 Å². The van der Waals surface area contributed by atoms with E-state index in [-0.39, 0.29) is 0 Å². The molecule has 0 nitrogen and oxygen atoms in total. The molecule has 0 saturated carbocycles. The second kappa shape index (κ2) is 11.4. The van der Waals surface area contributed by atoms with Crippen LogP contribution in [-0.4, -0.2) is 0 Å². The summed E-state index contributed by atoms with van der Waals surface area (Å²) in [5.74, 6) is 0. The predicted octanol–water partition coefficient (Wildman–Crippen LogP) is 13.6. The molecule has 0 atom stereocenters. The van der Waals surface area contributed by atoms with Crippen molar-refractivity contribution in [1.82, 2.24) is 0 Å². The minimum Gasteiger partial charge on any atom is -0.0622 e. The van der Waals surface area contributed by atoms with Gasteiger partial charge < -0.3 is 0 Å². The van der Waals surface area contributed by atoms with Gasteiger partial charge in [0, 0.05) is 0 Å². The highest BCUT2D eigenvalue weighted by Gasteiger charge is 2.16. The molecule has 0 amide bonds. The van der Waals surface area contributed by atoms with Gasteiger partial charge in [-0.25, -0.2) is 0 Å². The minimum atomic E-state index is 1.22. The highest BCUT2D eigenvalue weighted by Crippen LogP contribution is 2.43. The fourth-order valence-corrected chi connectivity index (χ4v) is 7.45. The maximum Gasteiger partial charge on any atom is -0.00926 e. The van der Waals surface area contributed by atoms with Gasteiger partial charge in [0.25, 0.3) is 0 Å². The summed E-state index contributed by atoms with van der Waals surface area (Å²) in [5.41, 5.74) is 12.6. The van der Waals surface area contributed by atoms with Crippen LogP contribution in [0.25, 0.3) is 87.6 Å². The summed E-state index contributed by atoms with van der Waals surface area (Å²) in [7, 11) is 0. The van der Waals surface area contributed by atoms with Crippen LogP contribution >= 0.6 is 0 Å². The second-order valence-corrected chi connectivity index (χ2v) is 13.1. The van der Waals surface area contributed by atoms with Crippen LogP contribution in [0.1, 0.15) is 11.1 Å². The van der Waals surface area contributed by atoms with Crippen LogP contribution in [0.15, 0.2) is 170 Å². The molecule has 0 heterocycles. The van der Waals surface area contributed by atoms with E-state index in [2.05, 4.69) is 184 Å². The lowest BCUT2D eigenvalue weighted by molar-refractivity contribution is 1.34. The first-order valence-corrected chi connectivity index (χ1v) is 16.8. The number of rotatable bonds is 4. The standard InChI is InChI=1S/C48H34/c1-31-19-20-37(25-32(31)2)38-21-23-42-40(26-38)30-48(43-18-10-16-33-13-8-9-17-41(33)43)47-29-39(22-24-44(42)47)46-28-36-15-7-6-14-35(36)27-45(46)34-11-4-3-5-12-34/h3-30H,1-2H3. The second-order valence-electron chi connectivity index (χ2n) is 13.1. The summed E-state index contributed by atoms with van der Waals surface area (Å²) < 4.78 is 0. The van der Waals surface area contributed by atoms with E-state index >= 15 is 0 Å². The number of benzene rings is 9. The Kier molecular flexibility index (Phi) is 6.69. The van der Waals surface area contributed by atoms with Crippen molar-refractivity contribution in [3.05, 3.63) is 181 Å². The Hall–Kier alpha value is -5.98. The summed E-state index contributed by atoms with van der Waals surface area (Å²) in [6, 6.07) is 62.9. The van der Waals surface area contributed by atoms with E-state index in [4.69, 9.17) is 0 Å². The molecule has 48 heavy (non-hydrogen) atoms. The normalized spacial score (nSPS) is 11.5. The number of aryl methyl sites for hydroxylation is 2. The fraction of sp³-hybridized carbons (Fsp3) is 0.0417. The number of hydrogen-bond acceptors (Lipinski definition) is 0. The van der Waals surface area contributed by atoms with Gasteiger partial charge in [-0.15, -0.1) is 0 Å². The van der Waals surface area contributed by atoms with E-state index in [1.165, 1.54) is 98.7 Å². The van der Waals surface area contributed by atoms with Crippen LogP contribution in [0, 0.1) is 13.8 Å². The smallest absolute Gasteiger partial charge is 0.00926 e. The molecule has 9 rings (SSSR count). The van der Waals surface area contributed by atoms with Crippen LogP contribution in [0.2, 0.25) is 0 Å². The highest BCUT2D eigenvalue weighted by molar-refractivity contribution is 6.18. The molecule has 0 aliphatic rings. The molecule has 226 valence electrons. The first-order valence-electron chi connectivity index (χ1n) is 16.8. The van der Waals surface area contributed by atoms with Gasteiger partial charge in [0.15, 0.2) is 0 Å². The van der Waals surface area contributed by atoms with E-state index < -0.39 is 0 Å². The molecule has 0 spiro atoms. The zero-order valence-corrected chi connectivity index (χ0v) is 27.2. The predicted molar refractivity (Wildman–Crippen MR) is 208 cm³/mol. The third-order valence-electron chi connectivity index (χ3n) is 10.2. The van der Waals surface area contributed by atoms with Gasteiger partial charge in [-0.05, 0) is 143 Å². The average Bonchev–Trinajstić information content (AvgIpc) is 3.14. The molecule has 9 aromatic rings. The van der Waals surface area contributed by atoms with Gasteiger partial charge in [0.2, 0.25) is 0 Å². The number of fused-ring (bicyclic) bond motifs is 5. The van der Waals surface area contributed by atoms with Crippen molar-refractivity contribution in [1.29, 1.82) is 0 Å². The van der Waals surface area contributed by atoms with Gasteiger partial charge in [0.05, 0.1) is 0 Å². The monoisotopic (exact) mass is 610 g/mol. The lowest BCUT2D eigenvalue weighted by Crippen LogP contribution is -1.91. The summed E-state index contributed by atoms with van der Waals surface area (Å²) in [6.07, 6.45) is 0. The van der Waals surface area contributed by atoms with Crippen molar-refractivity contribution in [2.75, 3.05) is 0 Å². The van der Waals surface area contributed by atoms with Gasteiger partial charge in [0.1, 0.15) is 0 Å². The Bertz CT molecular complexity index is 2670. The molecule has 0 aliphatic heterocycles. The van der Waals surface area contributed by atoms with Crippen LogP contribution in [0.3, 0.4) is 0 Å². The lowest BCUT2D eigenvalue weighted by atomic mass is 9.86. The Labute approximate surface area is 281 Å². The molecule has 0 fully saturated rings. The first kappa shape index (κ1) is 28.3. The van der Waals surface area contributed by atoms with E-state index in [9.17, 15) is 0 Å². The summed E-state index contributed by atoms with van der Waals surface area (Å²) >= 11 is 0. The maximum absolute atomic E-state index is 2.43. The van der Waals surface area contributed by atoms with Gasteiger partial charge in [-0.1, -0.05) is 140 Å². The van der Waals surface area contributed by atoms with E-state index in [1.54, 1.807) is 0 Å². The van der Waals surface area contributed by atoms with Crippen LogP contribution in [0.5, 0.6) is 0 Å². The molecular formula is C48H34. The Morgan fingerprint density at radius 3 is 1.65 bits per heavy atom. The maximum atomic E-state index is 2.43. The van der Waals surface area contributed by atoms with Crippen LogP contribution in [0.4, 0.5) is 0 Å². The van der Waals surface area contributed by atoms with E-state index in [0.717, 1.165) is 0 Å². The molecule has 0 N–H and O–H groups in total. The molecular weight excluding hydrogens is 577 g/mol. The first-order chi connectivity index (χ1) is 23.6. The zero-order valence-electron chi connectivity index (χ0n) is 27.2.